The van der Waals surface area contributed by atoms with E-state index in [-0.39, 0.29) is 0 Å². The highest BCUT2D eigenvalue weighted by molar-refractivity contribution is 7.99. The van der Waals surface area contributed by atoms with Crippen LogP contribution in [0.15, 0.2) is 29.2 Å². The van der Waals surface area contributed by atoms with Crippen LogP contribution in [0.1, 0.15) is 12.0 Å². The maximum absolute atomic E-state index is 5.43. The van der Waals surface area contributed by atoms with Crippen LogP contribution in [-0.2, 0) is 16.0 Å². The third-order valence-electron chi connectivity index (χ3n) is 2.41. The number of nitrogens with one attached hydrogen (secondary N) is 1. The van der Waals surface area contributed by atoms with E-state index in [2.05, 4.69) is 29.6 Å². The molecule has 0 unspecified atom stereocenters. The lowest BCUT2D eigenvalue weighted by molar-refractivity contribution is 0.0713. The molecule has 0 bridgehead atoms. The molecule has 18 heavy (non-hydrogen) atoms. The van der Waals surface area contributed by atoms with Crippen molar-refractivity contribution in [2.24, 2.45) is 0 Å². The molecule has 0 amide bonds. The van der Waals surface area contributed by atoms with Crippen molar-refractivity contribution < 1.29 is 9.47 Å². The second kappa shape index (κ2) is 10.4. The summed E-state index contributed by atoms with van der Waals surface area (Å²) in [5, 5.41) is 3.17. The van der Waals surface area contributed by atoms with Gasteiger partial charge in [0.05, 0.1) is 13.2 Å². The average molecular weight is 269 g/mol. The molecule has 0 aliphatic heterocycles. The summed E-state index contributed by atoms with van der Waals surface area (Å²) in [5.74, 6) is 1.09. The van der Waals surface area contributed by atoms with Gasteiger partial charge >= 0.3 is 0 Å². The van der Waals surface area contributed by atoms with E-state index in [1.54, 1.807) is 7.11 Å². The van der Waals surface area contributed by atoms with Gasteiger partial charge in [0.1, 0.15) is 0 Å². The standard InChI is InChI=1S/C14H23NO2S/c1-15-12-13-5-3-6-14(11-13)18-10-4-7-17-9-8-16-2/h3,5-6,11,15H,4,7-10,12H2,1-2H3. The van der Waals surface area contributed by atoms with Crippen molar-refractivity contribution >= 4 is 11.8 Å². The van der Waals surface area contributed by atoms with Crippen LogP contribution >= 0.6 is 11.8 Å². The van der Waals surface area contributed by atoms with Gasteiger partial charge in [0.25, 0.3) is 0 Å². The van der Waals surface area contributed by atoms with Crippen molar-refractivity contribution in [3.05, 3.63) is 29.8 Å². The van der Waals surface area contributed by atoms with E-state index in [1.807, 2.05) is 18.8 Å². The Bertz CT molecular complexity index is 320. The first kappa shape index (κ1) is 15.5. The summed E-state index contributed by atoms with van der Waals surface area (Å²) in [4.78, 5) is 1.33. The molecule has 0 radical (unpaired) electrons. The van der Waals surface area contributed by atoms with E-state index in [9.17, 15) is 0 Å². The maximum Gasteiger partial charge on any atom is 0.0700 e. The van der Waals surface area contributed by atoms with E-state index >= 15 is 0 Å². The van der Waals surface area contributed by atoms with Gasteiger partial charge in [-0.2, -0.15) is 0 Å². The van der Waals surface area contributed by atoms with Crippen molar-refractivity contribution in [1.29, 1.82) is 0 Å². The highest BCUT2D eigenvalue weighted by Gasteiger charge is 1.97. The first-order valence-electron chi connectivity index (χ1n) is 6.30. The van der Waals surface area contributed by atoms with Gasteiger partial charge in [-0.05, 0) is 31.2 Å². The van der Waals surface area contributed by atoms with Gasteiger partial charge in [-0.25, -0.2) is 0 Å². The Labute approximate surface area is 114 Å². The normalized spacial score (nSPS) is 10.8. The van der Waals surface area contributed by atoms with Gasteiger partial charge < -0.3 is 14.8 Å². The summed E-state index contributed by atoms with van der Waals surface area (Å²) < 4.78 is 10.3. The fraction of sp³-hybridized carbons (Fsp3) is 0.571. The van der Waals surface area contributed by atoms with Gasteiger partial charge in [0.2, 0.25) is 0 Å². The third kappa shape index (κ3) is 7.01. The van der Waals surface area contributed by atoms with Crippen molar-refractivity contribution in [2.45, 2.75) is 17.9 Å². The van der Waals surface area contributed by atoms with Crippen LogP contribution < -0.4 is 5.32 Å². The Morgan fingerprint density at radius 2 is 2.11 bits per heavy atom. The molecular weight excluding hydrogens is 246 g/mol. The summed E-state index contributed by atoms with van der Waals surface area (Å²) in [6.45, 7) is 3.11. The number of rotatable bonds is 10. The molecule has 0 saturated carbocycles. The maximum atomic E-state index is 5.43. The molecular formula is C14H23NO2S. The summed E-state index contributed by atoms with van der Waals surface area (Å²) in [6, 6.07) is 8.67. The average Bonchev–Trinajstić information content (AvgIpc) is 2.39. The van der Waals surface area contributed by atoms with Crippen LogP contribution in [0, 0.1) is 0 Å². The molecule has 0 fully saturated rings. The summed E-state index contributed by atoms with van der Waals surface area (Å²) in [6.07, 6.45) is 1.07. The SMILES string of the molecule is CNCc1cccc(SCCCOCCOC)c1. The van der Waals surface area contributed by atoms with Crippen LogP contribution in [0.2, 0.25) is 0 Å². The number of hydrogen-bond donors (Lipinski definition) is 1. The second-order valence-corrected chi connectivity index (χ2v) is 5.15. The summed E-state index contributed by atoms with van der Waals surface area (Å²) in [5.41, 5.74) is 1.33. The summed E-state index contributed by atoms with van der Waals surface area (Å²) in [7, 11) is 3.66. The first-order valence-corrected chi connectivity index (χ1v) is 7.28. The second-order valence-electron chi connectivity index (χ2n) is 3.98. The van der Waals surface area contributed by atoms with Crippen LogP contribution in [-0.4, -0.2) is 39.7 Å². The molecule has 4 heteroatoms. The molecule has 0 aromatic heterocycles. The van der Waals surface area contributed by atoms with Crippen molar-refractivity contribution in [3.8, 4) is 0 Å². The minimum Gasteiger partial charge on any atom is -0.382 e. The fourth-order valence-corrected chi connectivity index (χ4v) is 2.45. The first-order chi connectivity index (χ1) is 8.86. The Kier molecular flexibility index (Phi) is 8.94. The zero-order valence-corrected chi connectivity index (χ0v) is 12.1. The largest absolute Gasteiger partial charge is 0.382 e. The number of thioether (sulfide) groups is 1. The molecule has 1 aromatic rings. The van der Waals surface area contributed by atoms with Gasteiger partial charge in [0.15, 0.2) is 0 Å². The molecule has 0 aliphatic rings. The third-order valence-corrected chi connectivity index (χ3v) is 3.49. The highest BCUT2D eigenvalue weighted by atomic mass is 32.2. The van der Waals surface area contributed by atoms with E-state index < -0.39 is 0 Å². The number of methoxy groups -OCH3 is 1. The number of hydrogen-bond acceptors (Lipinski definition) is 4. The monoisotopic (exact) mass is 269 g/mol. The van der Waals surface area contributed by atoms with E-state index in [0.717, 1.165) is 25.3 Å². The molecule has 1 rings (SSSR count). The lowest BCUT2D eigenvalue weighted by Crippen LogP contribution is -2.04. The predicted octanol–water partition coefficient (Wildman–Crippen LogP) is 2.55. The van der Waals surface area contributed by atoms with Crippen molar-refractivity contribution in [3.63, 3.8) is 0 Å². The molecule has 0 atom stereocenters. The molecule has 0 spiro atoms. The minimum absolute atomic E-state index is 0.680. The molecule has 1 N–H and O–H groups in total. The zero-order valence-electron chi connectivity index (χ0n) is 11.3. The molecule has 102 valence electrons. The minimum atomic E-state index is 0.680. The lowest BCUT2D eigenvalue weighted by atomic mass is 10.2. The Balaban J connectivity index is 2.13. The van der Waals surface area contributed by atoms with E-state index in [0.29, 0.717) is 13.2 Å². The van der Waals surface area contributed by atoms with Crippen LogP contribution in [0.4, 0.5) is 0 Å². The van der Waals surface area contributed by atoms with Gasteiger partial charge in [-0.15, -0.1) is 11.8 Å². The van der Waals surface area contributed by atoms with E-state index in [4.69, 9.17) is 9.47 Å². The van der Waals surface area contributed by atoms with E-state index in [1.165, 1.54) is 10.5 Å². The van der Waals surface area contributed by atoms with Gasteiger partial charge in [-0.1, -0.05) is 12.1 Å². The molecule has 1 aromatic carbocycles. The quantitative estimate of drug-likeness (QED) is 0.522. The van der Waals surface area contributed by atoms with Crippen molar-refractivity contribution in [1.82, 2.24) is 5.32 Å². The predicted molar refractivity (Wildman–Crippen MR) is 77.2 cm³/mol. The van der Waals surface area contributed by atoms with Crippen LogP contribution in [0.25, 0.3) is 0 Å². The molecule has 0 saturated heterocycles. The van der Waals surface area contributed by atoms with Crippen molar-refractivity contribution in [2.75, 3.05) is 39.7 Å². The fourth-order valence-electron chi connectivity index (χ4n) is 1.54. The zero-order chi connectivity index (χ0) is 13.1. The number of ether oxygens (including phenoxy) is 2. The number of benzene rings is 1. The molecule has 0 aliphatic carbocycles. The van der Waals surface area contributed by atoms with Gasteiger partial charge in [0, 0.05) is 30.9 Å². The smallest absolute Gasteiger partial charge is 0.0700 e. The summed E-state index contributed by atoms with van der Waals surface area (Å²) >= 11 is 1.89. The highest BCUT2D eigenvalue weighted by Crippen LogP contribution is 2.19. The van der Waals surface area contributed by atoms with Gasteiger partial charge in [-0.3, -0.25) is 0 Å². The molecule has 0 heterocycles. The van der Waals surface area contributed by atoms with Crippen LogP contribution in [0.3, 0.4) is 0 Å². The Morgan fingerprint density at radius 3 is 2.89 bits per heavy atom. The lowest BCUT2D eigenvalue weighted by Gasteiger charge is -2.05. The Hall–Kier alpha value is -0.550. The van der Waals surface area contributed by atoms with Crippen LogP contribution in [0.5, 0.6) is 0 Å². The topological polar surface area (TPSA) is 30.5 Å². The Morgan fingerprint density at radius 1 is 1.22 bits per heavy atom. The molecule has 3 nitrogen and oxygen atoms in total.